The van der Waals surface area contributed by atoms with Gasteiger partial charge in [0.15, 0.2) is 0 Å². The molecule has 2 aromatic heterocycles. The highest BCUT2D eigenvalue weighted by Gasteiger charge is 2.26. The molecule has 3 amide bonds. The third-order valence-corrected chi connectivity index (χ3v) is 11.4. The van der Waals surface area contributed by atoms with Crippen LogP contribution in [-0.2, 0) is 4.79 Å². The topological polar surface area (TPSA) is 144 Å². The SMILES string of the molecule is CCC(=O)NC1CCC(NC(=O)c2cc(F)cnc2Oc2cccc(SC)c2)CC1.CSc1cccc(Oc2ncc(F)cc2C(=O)NC2CCC(NCl)CC2)c1. The summed E-state index contributed by atoms with van der Waals surface area (Å²) in [6, 6.07) is 17.5. The highest BCUT2D eigenvalue weighted by atomic mass is 35.5. The van der Waals surface area contributed by atoms with E-state index in [-0.39, 0.29) is 58.9 Å². The second-order valence-electron chi connectivity index (χ2n) is 13.6. The summed E-state index contributed by atoms with van der Waals surface area (Å²) in [6.45, 7) is 1.82. The van der Waals surface area contributed by atoms with E-state index < -0.39 is 17.5 Å². The molecule has 0 atom stereocenters. The maximum absolute atomic E-state index is 13.8. The average molecular weight is 841 g/mol. The van der Waals surface area contributed by atoms with Gasteiger partial charge in [-0.25, -0.2) is 23.6 Å². The fourth-order valence-electron chi connectivity index (χ4n) is 6.48. The number of halogens is 3. The molecule has 2 aliphatic rings. The molecule has 2 heterocycles. The van der Waals surface area contributed by atoms with Gasteiger partial charge in [-0.05, 0) is 124 Å². The van der Waals surface area contributed by atoms with Gasteiger partial charge in [-0.15, -0.1) is 23.5 Å². The van der Waals surface area contributed by atoms with Gasteiger partial charge >= 0.3 is 0 Å². The number of thioether (sulfide) groups is 2. The molecule has 11 nitrogen and oxygen atoms in total. The summed E-state index contributed by atoms with van der Waals surface area (Å²) in [5.74, 6) is -0.720. The van der Waals surface area contributed by atoms with Crippen LogP contribution in [0.1, 0.15) is 85.4 Å². The number of hydrogen-bond donors (Lipinski definition) is 4. The third-order valence-electron chi connectivity index (χ3n) is 9.60. The minimum atomic E-state index is -0.601. The van der Waals surface area contributed by atoms with Crippen molar-refractivity contribution in [2.24, 2.45) is 0 Å². The number of nitrogens with zero attached hydrogens (tertiary/aromatic N) is 2. The lowest BCUT2D eigenvalue weighted by molar-refractivity contribution is -0.121. The van der Waals surface area contributed by atoms with Gasteiger partial charge in [-0.2, -0.15) is 0 Å². The van der Waals surface area contributed by atoms with Crippen molar-refractivity contribution in [2.75, 3.05) is 12.5 Å². The smallest absolute Gasteiger partial charge is 0.257 e. The summed E-state index contributed by atoms with van der Waals surface area (Å²) in [5, 5.41) is 8.91. The van der Waals surface area contributed by atoms with Crippen molar-refractivity contribution in [2.45, 2.75) is 98.7 Å². The summed E-state index contributed by atoms with van der Waals surface area (Å²) in [4.78, 5) is 49.8. The summed E-state index contributed by atoms with van der Waals surface area (Å²) < 4.78 is 39.1. The second-order valence-corrected chi connectivity index (χ2v) is 15.6. The van der Waals surface area contributed by atoms with E-state index in [9.17, 15) is 23.2 Å². The molecule has 0 bridgehead atoms. The van der Waals surface area contributed by atoms with Crippen molar-refractivity contribution >= 4 is 53.0 Å². The summed E-state index contributed by atoms with van der Waals surface area (Å²) in [6.07, 6.45) is 12.9. The number of hydrogen-bond acceptors (Lipinski definition) is 10. The first-order valence-electron chi connectivity index (χ1n) is 18.8. The van der Waals surface area contributed by atoms with Crippen LogP contribution in [0.25, 0.3) is 0 Å². The predicted molar refractivity (Wildman–Crippen MR) is 219 cm³/mol. The molecular formula is C41H47ClF2N6O5S2. The van der Waals surface area contributed by atoms with Crippen LogP contribution in [-0.4, -0.2) is 64.4 Å². The molecular weight excluding hydrogens is 794 g/mol. The number of nitrogens with one attached hydrogen (secondary N) is 4. The van der Waals surface area contributed by atoms with E-state index in [2.05, 4.69) is 30.8 Å². The lowest BCUT2D eigenvalue weighted by atomic mass is 9.91. The van der Waals surface area contributed by atoms with Crippen molar-refractivity contribution in [3.05, 3.63) is 95.8 Å². The fraction of sp³-hybridized carbons (Fsp3) is 0.390. The number of rotatable bonds is 13. The molecule has 0 radical (unpaired) electrons. The van der Waals surface area contributed by atoms with Crippen molar-refractivity contribution in [1.29, 1.82) is 0 Å². The lowest BCUT2D eigenvalue weighted by Gasteiger charge is -2.29. The lowest BCUT2D eigenvalue weighted by Crippen LogP contribution is -2.43. The predicted octanol–water partition coefficient (Wildman–Crippen LogP) is 8.82. The largest absolute Gasteiger partial charge is 0.438 e. The Balaban J connectivity index is 0.000000219. The molecule has 16 heteroatoms. The standard InChI is InChI=1S/C22H26FN3O3S.C19H21ClFN3O2S/c1-3-20(27)25-15-7-9-16(10-8-15)26-21(28)19-11-14(23)13-24-22(19)29-17-5-4-6-18(12-17)30-2;1-27-16-4-2-3-15(10-16)26-19-17(9-12(21)11-22-19)18(25)23-13-5-7-14(24-20)8-6-13/h4-6,11-13,15-16H,3,7-10H2,1-2H3,(H,25,27)(H,26,28);2-4,9-11,13-14,24H,5-8H2,1H3,(H,23,25). The van der Waals surface area contributed by atoms with E-state index in [1.165, 1.54) is 0 Å². The second kappa shape index (κ2) is 21.9. The monoisotopic (exact) mass is 840 g/mol. The molecule has 4 N–H and O–H groups in total. The quantitative estimate of drug-likeness (QED) is 0.0762. The number of pyridine rings is 2. The number of carbonyl (C=O) groups excluding carboxylic acids is 3. The van der Waals surface area contributed by atoms with Crippen LogP contribution < -0.4 is 30.3 Å². The van der Waals surface area contributed by atoms with Crippen LogP contribution in [0.15, 0.2) is 82.8 Å². The van der Waals surface area contributed by atoms with E-state index in [0.717, 1.165) is 85.7 Å². The molecule has 0 unspecified atom stereocenters. The first kappa shape index (κ1) is 43.7. The van der Waals surface area contributed by atoms with Crippen molar-refractivity contribution in [1.82, 2.24) is 30.8 Å². The zero-order valence-electron chi connectivity index (χ0n) is 32.0. The van der Waals surface area contributed by atoms with Gasteiger partial charge < -0.3 is 25.4 Å². The van der Waals surface area contributed by atoms with Gasteiger partial charge in [-0.1, -0.05) is 19.1 Å². The molecule has 57 heavy (non-hydrogen) atoms. The maximum Gasteiger partial charge on any atom is 0.257 e. The Bertz CT molecular complexity index is 1980. The van der Waals surface area contributed by atoms with E-state index >= 15 is 0 Å². The molecule has 6 rings (SSSR count). The van der Waals surface area contributed by atoms with Crippen molar-refractivity contribution in [3.63, 3.8) is 0 Å². The molecule has 2 fully saturated rings. The van der Waals surface area contributed by atoms with E-state index in [1.54, 1.807) is 35.7 Å². The number of amides is 3. The molecule has 0 aliphatic heterocycles. The normalized spacial score (nSPS) is 19.0. The van der Waals surface area contributed by atoms with Crippen LogP contribution in [0.4, 0.5) is 8.78 Å². The zero-order valence-corrected chi connectivity index (χ0v) is 34.4. The third kappa shape index (κ3) is 13.3. The first-order valence-corrected chi connectivity index (χ1v) is 21.6. The minimum absolute atomic E-state index is 0.0229. The van der Waals surface area contributed by atoms with Crippen LogP contribution in [0, 0.1) is 11.6 Å². The Morgan fingerprint density at radius 2 is 1.07 bits per heavy atom. The van der Waals surface area contributed by atoms with Gasteiger partial charge in [0.1, 0.15) is 34.3 Å². The molecule has 304 valence electrons. The van der Waals surface area contributed by atoms with Crippen LogP contribution in [0.5, 0.6) is 23.3 Å². The number of ether oxygens (including phenoxy) is 2. The molecule has 2 aliphatic carbocycles. The van der Waals surface area contributed by atoms with Gasteiger partial charge in [-0.3, -0.25) is 14.4 Å². The van der Waals surface area contributed by atoms with Gasteiger partial charge in [0, 0.05) is 40.4 Å². The minimum Gasteiger partial charge on any atom is -0.438 e. The van der Waals surface area contributed by atoms with Gasteiger partial charge in [0.05, 0.1) is 12.4 Å². The Morgan fingerprint density at radius 3 is 1.46 bits per heavy atom. The molecule has 2 saturated carbocycles. The Kier molecular flexibility index (Phi) is 16.8. The molecule has 2 aromatic carbocycles. The fourth-order valence-corrected chi connectivity index (χ4v) is 7.59. The van der Waals surface area contributed by atoms with Crippen LogP contribution in [0.3, 0.4) is 0 Å². The summed E-state index contributed by atoms with van der Waals surface area (Å²) in [7, 11) is 0. The Hall–Kier alpha value is -4.44. The maximum atomic E-state index is 13.8. The van der Waals surface area contributed by atoms with E-state index in [1.807, 2.05) is 55.8 Å². The number of carbonyl (C=O) groups is 3. The van der Waals surface area contributed by atoms with Gasteiger partial charge in [0.2, 0.25) is 17.7 Å². The Labute approximate surface area is 345 Å². The summed E-state index contributed by atoms with van der Waals surface area (Å²) in [5.41, 5.74) is 0.146. The van der Waals surface area contributed by atoms with E-state index in [4.69, 9.17) is 21.3 Å². The average Bonchev–Trinajstić information content (AvgIpc) is 3.23. The van der Waals surface area contributed by atoms with Crippen LogP contribution in [0.2, 0.25) is 0 Å². The Morgan fingerprint density at radius 1 is 0.667 bits per heavy atom. The first-order chi connectivity index (χ1) is 27.6. The number of aromatic nitrogens is 2. The van der Waals surface area contributed by atoms with Crippen molar-refractivity contribution in [3.8, 4) is 23.3 Å². The van der Waals surface area contributed by atoms with E-state index in [0.29, 0.717) is 17.9 Å². The molecule has 0 spiro atoms. The number of benzene rings is 2. The summed E-state index contributed by atoms with van der Waals surface area (Å²) >= 11 is 8.81. The molecule has 4 aromatic rings. The zero-order chi connectivity index (χ0) is 40.7. The highest BCUT2D eigenvalue weighted by Crippen LogP contribution is 2.30. The van der Waals surface area contributed by atoms with Crippen LogP contribution >= 0.6 is 35.3 Å². The molecule has 0 saturated heterocycles. The highest BCUT2D eigenvalue weighted by molar-refractivity contribution is 7.98. The van der Waals surface area contributed by atoms with Crippen molar-refractivity contribution < 1.29 is 32.6 Å². The van der Waals surface area contributed by atoms with Gasteiger partial charge in [0.25, 0.3) is 11.8 Å².